The first-order chi connectivity index (χ1) is 9.54. The molecule has 2 fully saturated rings. The minimum Gasteiger partial charge on any atom is -0.495 e. The number of anilines is 1. The average molecular weight is 301 g/mol. The van der Waals surface area contributed by atoms with Crippen LogP contribution in [0.5, 0.6) is 5.75 Å². The van der Waals surface area contributed by atoms with Crippen molar-refractivity contribution in [2.75, 3.05) is 25.3 Å². The predicted molar refractivity (Wildman–Crippen MR) is 67.3 cm³/mol. The van der Waals surface area contributed by atoms with Crippen LogP contribution in [0, 0.1) is 5.82 Å². The lowest BCUT2D eigenvalue weighted by Crippen LogP contribution is -2.34. The van der Waals surface area contributed by atoms with Crippen LogP contribution >= 0.6 is 11.6 Å². The third kappa shape index (κ3) is 1.74. The summed E-state index contributed by atoms with van der Waals surface area (Å²) in [7, 11) is 1.36. The molecule has 6 nitrogen and oxygen atoms in total. The molecule has 20 heavy (non-hydrogen) atoms. The summed E-state index contributed by atoms with van der Waals surface area (Å²) < 4.78 is 24.0. The number of benzene rings is 1. The molecule has 0 radical (unpaired) electrons. The van der Waals surface area contributed by atoms with E-state index in [0.29, 0.717) is 0 Å². The molecular formula is C12H10ClFN2O4. The van der Waals surface area contributed by atoms with Gasteiger partial charge in [-0.25, -0.2) is 14.1 Å². The highest BCUT2D eigenvalue weighted by Gasteiger charge is 2.49. The van der Waals surface area contributed by atoms with E-state index in [2.05, 4.69) is 0 Å². The number of imide groups is 1. The molecule has 1 aromatic carbocycles. The zero-order valence-corrected chi connectivity index (χ0v) is 11.2. The van der Waals surface area contributed by atoms with Crippen LogP contribution in [0.4, 0.5) is 14.9 Å². The lowest BCUT2D eigenvalue weighted by Gasteiger charge is -2.17. The van der Waals surface area contributed by atoms with Gasteiger partial charge in [-0.15, -0.1) is 0 Å². The number of urea groups is 1. The Morgan fingerprint density at radius 1 is 1.45 bits per heavy atom. The van der Waals surface area contributed by atoms with Gasteiger partial charge in [0, 0.05) is 6.07 Å². The number of amides is 3. The standard InChI is InChI=1S/C12H10ClFN2O4/c1-19-10-3-8(7(14)2-6(10)13)16-11(17)9-4-20-5-15(9)12(16)18/h2-3,9H,4-5H2,1H3/t9-/m0/s1. The second kappa shape index (κ2) is 4.60. The van der Waals surface area contributed by atoms with Crippen LogP contribution in [0.1, 0.15) is 0 Å². The third-order valence-corrected chi connectivity index (χ3v) is 3.58. The molecule has 0 aliphatic carbocycles. The van der Waals surface area contributed by atoms with Gasteiger partial charge in [-0.3, -0.25) is 9.69 Å². The van der Waals surface area contributed by atoms with E-state index in [0.717, 1.165) is 11.0 Å². The number of hydrogen-bond donors (Lipinski definition) is 0. The van der Waals surface area contributed by atoms with Gasteiger partial charge in [-0.1, -0.05) is 11.6 Å². The molecule has 1 aromatic rings. The van der Waals surface area contributed by atoms with Gasteiger partial charge in [0.1, 0.15) is 24.3 Å². The minimum absolute atomic E-state index is 0.0259. The van der Waals surface area contributed by atoms with Crippen LogP contribution in [-0.4, -0.2) is 43.3 Å². The molecule has 2 aliphatic heterocycles. The Morgan fingerprint density at radius 2 is 2.20 bits per heavy atom. The van der Waals surface area contributed by atoms with Gasteiger partial charge in [0.15, 0.2) is 0 Å². The molecular weight excluding hydrogens is 291 g/mol. The highest BCUT2D eigenvalue weighted by molar-refractivity contribution is 6.32. The molecule has 3 rings (SSSR count). The first-order valence-electron chi connectivity index (χ1n) is 5.80. The zero-order valence-electron chi connectivity index (χ0n) is 10.4. The van der Waals surface area contributed by atoms with Crippen molar-refractivity contribution in [2.45, 2.75) is 6.04 Å². The second-order valence-electron chi connectivity index (χ2n) is 4.38. The number of methoxy groups -OCH3 is 1. The molecule has 1 atom stereocenters. The maximum Gasteiger partial charge on any atom is 0.334 e. The van der Waals surface area contributed by atoms with Crippen molar-refractivity contribution in [3.8, 4) is 5.75 Å². The number of nitrogens with zero attached hydrogens (tertiary/aromatic N) is 2. The van der Waals surface area contributed by atoms with E-state index in [1.165, 1.54) is 18.1 Å². The first-order valence-corrected chi connectivity index (χ1v) is 6.17. The maximum atomic E-state index is 14.0. The molecule has 0 spiro atoms. The fourth-order valence-corrected chi connectivity index (χ4v) is 2.50. The Hall–Kier alpha value is -1.86. The van der Waals surface area contributed by atoms with E-state index < -0.39 is 23.8 Å². The van der Waals surface area contributed by atoms with Crippen molar-refractivity contribution < 1.29 is 23.5 Å². The Labute approximate surface area is 118 Å². The first kappa shape index (κ1) is 13.1. The fraction of sp³-hybridized carbons (Fsp3) is 0.333. The summed E-state index contributed by atoms with van der Waals surface area (Å²) in [5.41, 5.74) is -0.171. The summed E-state index contributed by atoms with van der Waals surface area (Å²) in [6.45, 7) is 0.144. The number of carbonyl (C=O) groups is 2. The molecule has 2 saturated heterocycles. The van der Waals surface area contributed by atoms with Crippen LogP contribution < -0.4 is 9.64 Å². The number of fused-ring (bicyclic) bond motifs is 1. The van der Waals surface area contributed by atoms with Crippen molar-refractivity contribution >= 4 is 29.2 Å². The normalized spacial score (nSPS) is 21.6. The third-order valence-electron chi connectivity index (χ3n) is 3.29. The molecule has 3 amide bonds. The Balaban J connectivity index is 2.05. The van der Waals surface area contributed by atoms with Crippen LogP contribution in [0.2, 0.25) is 5.02 Å². The quantitative estimate of drug-likeness (QED) is 0.779. The molecule has 0 saturated carbocycles. The van der Waals surface area contributed by atoms with Gasteiger partial charge in [-0.05, 0) is 6.07 Å². The van der Waals surface area contributed by atoms with E-state index in [1.807, 2.05) is 0 Å². The molecule has 2 heterocycles. The smallest absolute Gasteiger partial charge is 0.334 e. The highest BCUT2D eigenvalue weighted by Crippen LogP contribution is 2.35. The molecule has 0 N–H and O–H groups in total. The average Bonchev–Trinajstić information content (AvgIpc) is 2.97. The maximum absolute atomic E-state index is 14.0. The van der Waals surface area contributed by atoms with Crippen LogP contribution in [0.15, 0.2) is 12.1 Å². The molecule has 106 valence electrons. The lowest BCUT2D eigenvalue weighted by molar-refractivity contribution is -0.119. The summed E-state index contributed by atoms with van der Waals surface area (Å²) in [6.07, 6.45) is 0. The second-order valence-corrected chi connectivity index (χ2v) is 4.79. The van der Waals surface area contributed by atoms with E-state index in [9.17, 15) is 14.0 Å². The van der Waals surface area contributed by atoms with Crippen molar-refractivity contribution in [3.63, 3.8) is 0 Å². The van der Waals surface area contributed by atoms with E-state index in [-0.39, 0.29) is 29.8 Å². The summed E-state index contributed by atoms with van der Waals surface area (Å²) in [5.74, 6) is -1.10. The van der Waals surface area contributed by atoms with E-state index in [1.54, 1.807) is 0 Å². The van der Waals surface area contributed by atoms with Crippen LogP contribution in [0.3, 0.4) is 0 Å². The fourth-order valence-electron chi connectivity index (χ4n) is 2.28. The van der Waals surface area contributed by atoms with Crippen molar-refractivity contribution in [1.29, 1.82) is 0 Å². The monoisotopic (exact) mass is 300 g/mol. The van der Waals surface area contributed by atoms with Crippen molar-refractivity contribution in [3.05, 3.63) is 23.0 Å². The predicted octanol–water partition coefficient (Wildman–Crippen LogP) is 1.61. The van der Waals surface area contributed by atoms with Gasteiger partial charge in [0.05, 0.1) is 24.4 Å². The number of ether oxygens (including phenoxy) is 2. The summed E-state index contributed by atoms with van der Waals surface area (Å²) in [6, 6.07) is 0.941. The molecule has 0 bridgehead atoms. The summed E-state index contributed by atoms with van der Waals surface area (Å²) >= 11 is 5.79. The van der Waals surface area contributed by atoms with Gasteiger partial charge < -0.3 is 9.47 Å². The summed E-state index contributed by atoms with van der Waals surface area (Å²) in [5, 5.41) is 0.0664. The van der Waals surface area contributed by atoms with Crippen LogP contribution in [0.25, 0.3) is 0 Å². The van der Waals surface area contributed by atoms with Crippen LogP contribution in [-0.2, 0) is 9.53 Å². The number of carbonyl (C=O) groups excluding carboxylic acids is 2. The number of rotatable bonds is 2. The van der Waals surface area contributed by atoms with Crippen molar-refractivity contribution in [2.24, 2.45) is 0 Å². The number of halogens is 2. The Morgan fingerprint density at radius 3 is 2.85 bits per heavy atom. The summed E-state index contributed by atoms with van der Waals surface area (Å²) in [4.78, 5) is 26.4. The van der Waals surface area contributed by atoms with Gasteiger partial charge in [-0.2, -0.15) is 0 Å². The topological polar surface area (TPSA) is 59.1 Å². The van der Waals surface area contributed by atoms with E-state index in [4.69, 9.17) is 21.1 Å². The van der Waals surface area contributed by atoms with Crippen molar-refractivity contribution in [1.82, 2.24) is 4.90 Å². The molecule has 8 heteroatoms. The Bertz CT molecular complexity index is 587. The van der Waals surface area contributed by atoms with Gasteiger partial charge in [0.2, 0.25) is 0 Å². The van der Waals surface area contributed by atoms with Gasteiger partial charge >= 0.3 is 6.03 Å². The molecule has 2 aliphatic rings. The minimum atomic E-state index is -0.764. The largest absolute Gasteiger partial charge is 0.495 e. The van der Waals surface area contributed by atoms with E-state index >= 15 is 0 Å². The van der Waals surface area contributed by atoms with Gasteiger partial charge in [0.25, 0.3) is 5.91 Å². The highest BCUT2D eigenvalue weighted by atomic mass is 35.5. The SMILES string of the molecule is COc1cc(N2C(=O)[C@@H]3COCN3C2=O)c(F)cc1Cl. The molecule has 0 unspecified atom stereocenters. The molecule has 0 aromatic heterocycles. The zero-order chi connectivity index (χ0) is 14.4. The lowest BCUT2D eigenvalue weighted by atomic mass is 10.2. The Kier molecular flexibility index (Phi) is 3.02. The number of hydrogen-bond acceptors (Lipinski definition) is 4.